The van der Waals surface area contributed by atoms with Crippen molar-refractivity contribution in [1.29, 1.82) is 0 Å². The average molecular weight is 479 g/mol. The number of aliphatic hydroxyl groups excluding tert-OH is 1. The highest BCUT2D eigenvalue weighted by molar-refractivity contribution is 8.05. The summed E-state index contributed by atoms with van der Waals surface area (Å²) in [5, 5.41) is 19.1. The van der Waals surface area contributed by atoms with Crippen LogP contribution >= 0.6 is 11.8 Å². The summed E-state index contributed by atoms with van der Waals surface area (Å²) in [7, 11) is 0. The molecule has 0 radical (unpaired) electrons. The van der Waals surface area contributed by atoms with E-state index in [2.05, 4.69) is 37.0 Å². The molecule has 0 bridgehead atoms. The number of furan rings is 1. The first-order valence-electron chi connectivity index (χ1n) is 11.3. The Morgan fingerprint density at radius 1 is 1.15 bits per heavy atom. The minimum absolute atomic E-state index is 0.292. The molecule has 10 heteroatoms. The molecule has 2 fully saturated rings. The monoisotopic (exact) mass is 478 g/mol. The van der Waals surface area contributed by atoms with Crippen molar-refractivity contribution in [3.8, 4) is 11.3 Å². The topological polar surface area (TPSA) is 125 Å². The molecule has 0 spiro atoms. The molecule has 3 aromatic rings. The summed E-state index contributed by atoms with van der Waals surface area (Å²) in [6.07, 6.45) is 12.7. The van der Waals surface area contributed by atoms with E-state index in [9.17, 15) is 9.90 Å². The van der Waals surface area contributed by atoms with E-state index in [-0.39, 0.29) is 5.91 Å². The second-order valence-corrected chi connectivity index (χ2v) is 9.48. The first-order chi connectivity index (χ1) is 16.6. The molecule has 1 aliphatic carbocycles. The van der Waals surface area contributed by atoms with Gasteiger partial charge in [-0.05, 0) is 55.5 Å². The molecule has 1 saturated heterocycles. The number of amides is 1. The Bertz CT molecular complexity index is 1160. The Morgan fingerprint density at radius 2 is 2.00 bits per heavy atom. The molecule has 176 valence electrons. The summed E-state index contributed by atoms with van der Waals surface area (Å²) >= 11 is 1.07. The van der Waals surface area contributed by atoms with Crippen LogP contribution < -0.4 is 16.0 Å². The first-order valence-corrected chi connectivity index (χ1v) is 12.2. The molecule has 34 heavy (non-hydrogen) atoms. The van der Waals surface area contributed by atoms with E-state index >= 15 is 0 Å². The van der Waals surface area contributed by atoms with Crippen molar-refractivity contribution in [3.63, 3.8) is 0 Å². The van der Waals surface area contributed by atoms with Gasteiger partial charge >= 0.3 is 0 Å². The Hall–Kier alpha value is -3.21. The van der Waals surface area contributed by atoms with Crippen LogP contribution in [0, 0.1) is 0 Å². The van der Waals surface area contributed by atoms with Crippen LogP contribution in [0.3, 0.4) is 0 Å². The first kappa shape index (κ1) is 22.6. The maximum atomic E-state index is 11.8. The highest BCUT2D eigenvalue weighted by atomic mass is 32.2. The van der Waals surface area contributed by atoms with Crippen LogP contribution in [0.4, 0.5) is 5.95 Å². The lowest BCUT2D eigenvalue weighted by Gasteiger charge is -2.30. The number of nitrogens with zero attached hydrogens (tertiary/aromatic N) is 3. The zero-order valence-corrected chi connectivity index (χ0v) is 19.3. The molecule has 9 nitrogen and oxygen atoms in total. The van der Waals surface area contributed by atoms with Gasteiger partial charge in [0.05, 0.1) is 28.8 Å². The second-order valence-electron chi connectivity index (χ2n) is 8.35. The summed E-state index contributed by atoms with van der Waals surface area (Å²) in [5.41, 5.74) is 2.83. The lowest BCUT2D eigenvalue weighted by molar-refractivity contribution is -0.117. The molecular formula is C24H26N6O3S. The molecule has 0 aromatic carbocycles. The van der Waals surface area contributed by atoms with Crippen molar-refractivity contribution < 1.29 is 14.3 Å². The Labute approximate surface area is 201 Å². The van der Waals surface area contributed by atoms with E-state index in [4.69, 9.17) is 4.42 Å². The van der Waals surface area contributed by atoms with E-state index in [0.717, 1.165) is 60.8 Å². The largest absolute Gasteiger partial charge is 0.472 e. The maximum Gasteiger partial charge on any atom is 0.260 e. The molecule has 1 atom stereocenters. The van der Waals surface area contributed by atoms with Crippen LogP contribution in [-0.4, -0.2) is 43.6 Å². The van der Waals surface area contributed by atoms with Crippen LogP contribution in [0.5, 0.6) is 0 Å². The zero-order valence-electron chi connectivity index (χ0n) is 18.5. The van der Waals surface area contributed by atoms with Gasteiger partial charge in [-0.1, -0.05) is 17.8 Å². The fourth-order valence-electron chi connectivity index (χ4n) is 4.26. The number of rotatable bonds is 7. The molecule has 1 saturated carbocycles. The van der Waals surface area contributed by atoms with Crippen LogP contribution in [0.1, 0.15) is 36.9 Å². The third-order valence-electron chi connectivity index (χ3n) is 6.00. The lowest BCUT2D eigenvalue weighted by atomic mass is 9.91. The highest BCUT2D eigenvalue weighted by Crippen LogP contribution is 2.28. The number of aliphatic hydroxyl groups is 1. The summed E-state index contributed by atoms with van der Waals surface area (Å²) in [6.45, 7) is 0.761. The Balaban J connectivity index is 1.13. The third kappa shape index (κ3) is 5.46. The van der Waals surface area contributed by atoms with Gasteiger partial charge in [-0.25, -0.2) is 9.97 Å². The maximum absolute atomic E-state index is 11.8. The SMILES string of the molecule is O=C1NC(O)S/C1=C\c1ccnc(N[C@H]2CC[C@H](NCc3cccnc3-c3ccoc3)CC2)n1. The van der Waals surface area contributed by atoms with Gasteiger partial charge in [0.25, 0.3) is 5.91 Å². The highest BCUT2D eigenvalue weighted by Gasteiger charge is 2.25. The van der Waals surface area contributed by atoms with E-state index in [1.54, 1.807) is 37.1 Å². The van der Waals surface area contributed by atoms with Crippen molar-refractivity contribution >= 4 is 29.7 Å². The van der Waals surface area contributed by atoms with Gasteiger partial charge in [0, 0.05) is 36.6 Å². The lowest BCUT2D eigenvalue weighted by Crippen LogP contribution is -2.37. The summed E-state index contributed by atoms with van der Waals surface area (Å²) in [6, 6.07) is 8.48. The van der Waals surface area contributed by atoms with E-state index < -0.39 is 5.56 Å². The van der Waals surface area contributed by atoms with Crippen LogP contribution in [0.25, 0.3) is 17.3 Å². The van der Waals surface area contributed by atoms with Gasteiger partial charge in [-0.15, -0.1) is 0 Å². The Morgan fingerprint density at radius 3 is 2.76 bits per heavy atom. The van der Waals surface area contributed by atoms with Crippen molar-refractivity contribution in [2.24, 2.45) is 0 Å². The van der Waals surface area contributed by atoms with E-state index in [0.29, 0.717) is 28.6 Å². The van der Waals surface area contributed by atoms with E-state index in [1.165, 1.54) is 0 Å². The number of thioether (sulfide) groups is 1. The van der Waals surface area contributed by atoms with Crippen molar-refractivity contribution in [2.45, 2.75) is 49.9 Å². The number of hydrogen-bond acceptors (Lipinski definition) is 9. The molecule has 1 aliphatic heterocycles. The van der Waals surface area contributed by atoms with Gasteiger partial charge in [0.15, 0.2) is 5.56 Å². The molecule has 4 heterocycles. The van der Waals surface area contributed by atoms with Crippen LogP contribution in [0.2, 0.25) is 0 Å². The van der Waals surface area contributed by atoms with Gasteiger partial charge in [0.1, 0.15) is 0 Å². The quantitative estimate of drug-likeness (QED) is 0.379. The van der Waals surface area contributed by atoms with Gasteiger partial charge in [-0.3, -0.25) is 9.78 Å². The number of hydrogen-bond donors (Lipinski definition) is 4. The molecule has 1 amide bonds. The zero-order chi connectivity index (χ0) is 23.3. The van der Waals surface area contributed by atoms with Crippen molar-refractivity contribution in [1.82, 2.24) is 25.6 Å². The summed E-state index contributed by atoms with van der Waals surface area (Å²) in [4.78, 5) is 25.6. The van der Waals surface area contributed by atoms with Gasteiger partial charge in [0.2, 0.25) is 5.95 Å². The predicted octanol–water partition coefficient (Wildman–Crippen LogP) is 3.12. The molecule has 1 unspecified atom stereocenters. The standard InChI is InChI=1S/C24H26N6O3S/c31-22-20(34-24(32)30-22)12-19-7-10-26-23(29-19)28-18-5-3-17(4-6-18)27-13-15-2-1-9-25-21(15)16-8-11-33-14-16/h1-2,7-12,14,17-18,24,27,32H,3-6,13H2,(H,30,31)(H,26,28,29)/b20-12-/t17-,18-,24?. The van der Waals surface area contributed by atoms with Crippen molar-refractivity contribution in [3.05, 3.63) is 65.3 Å². The smallest absolute Gasteiger partial charge is 0.260 e. The van der Waals surface area contributed by atoms with Crippen LogP contribution in [0.15, 0.2) is 58.5 Å². The number of aromatic nitrogens is 3. The third-order valence-corrected chi connectivity index (χ3v) is 6.90. The minimum atomic E-state index is -0.905. The molecular weight excluding hydrogens is 452 g/mol. The molecule has 5 rings (SSSR count). The fraction of sp³-hybridized carbons (Fsp3) is 0.333. The number of carbonyl (C=O) groups is 1. The van der Waals surface area contributed by atoms with Gasteiger partial charge in [-0.2, -0.15) is 0 Å². The summed E-state index contributed by atoms with van der Waals surface area (Å²) < 4.78 is 5.22. The number of carbonyl (C=O) groups excluding carboxylic acids is 1. The van der Waals surface area contributed by atoms with Crippen LogP contribution in [-0.2, 0) is 11.3 Å². The summed E-state index contributed by atoms with van der Waals surface area (Å²) in [5.74, 6) is 0.259. The number of nitrogens with one attached hydrogen (secondary N) is 3. The normalized spacial score (nSPS) is 23.7. The Kier molecular flexibility index (Phi) is 6.89. The fourth-order valence-corrected chi connectivity index (χ4v) is 5.02. The minimum Gasteiger partial charge on any atom is -0.472 e. The average Bonchev–Trinajstić information content (AvgIpc) is 3.49. The molecule has 2 aliphatic rings. The molecule has 4 N–H and O–H groups in total. The number of pyridine rings is 1. The van der Waals surface area contributed by atoms with Crippen molar-refractivity contribution in [2.75, 3.05) is 5.32 Å². The predicted molar refractivity (Wildman–Crippen MR) is 130 cm³/mol. The second kappa shape index (κ2) is 10.4. The van der Waals surface area contributed by atoms with Gasteiger partial charge < -0.3 is 25.5 Å². The molecule has 3 aromatic heterocycles. The van der Waals surface area contributed by atoms with E-state index in [1.807, 2.05) is 12.1 Å². The number of anilines is 1.